The second-order valence-corrected chi connectivity index (χ2v) is 15.1. The number of esters is 1. The molecule has 3 saturated carbocycles. The van der Waals surface area contributed by atoms with Crippen molar-refractivity contribution < 1.29 is 19.1 Å². The van der Waals surface area contributed by atoms with Crippen molar-refractivity contribution in [2.75, 3.05) is 6.61 Å². The third-order valence-corrected chi connectivity index (χ3v) is 12.5. The number of ether oxygens (including phenoxy) is 1. The van der Waals surface area contributed by atoms with Crippen molar-refractivity contribution in [1.82, 2.24) is 0 Å². The molecule has 0 aromatic carbocycles. The van der Waals surface area contributed by atoms with Crippen LogP contribution in [0.25, 0.3) is 0 Å². The number of hydrogen-bond acceptors (Lipinski definition) is 5. The van der Waals surface area contributed by atoms with Crippen LogP contribution in [0.2, 0.25) is 0 Å². The Morgan fingerprint density at radius 3 is 2.32 bits per heavy atom. The summed E-state index contributed by atoms with van der Waals surface area (Å²) in [5.74, 6) is -0.334. The monoisotopic (exact) mass is 519 g/mol. The molecule has 1 unspecified atom stereocenters. The summed E-state index contributed by atoms with van der Waals surface area (Å²) >= 11 is 0. The van der Waals surface area contributed by atoms with E-state index in [1.807, 2.05) is 32.9 Å². The Morgan fingerprint density at radius 2 is 1.68 bits per heavy atom. The van der Waals surface area contributed by atoms with Crippen LogP contribution in [0.5, 0.6) is 0 Å². The SMILES string of the molecule is CCOC(=O)[C@]12CCC(C)(C)C[C@H]1C1C(=O)C=C3[C@@]4(C)C=C(C#N)C(=O)C(C)(C)[C@@H]4CC[C@@]3(C)[C@]1(C)CC2. The number of nitrogens with zero attached hydrogens (tertiary/aromatic N) is 1. The topological polar surface area (TPSA) is 84.2 Å². The first kappa shape index (κ1) is 27.4. The van der Waals surface area contributed by atoms with Gasteiger partial charge in [0, 0.05) is 16.7 Å². The summed E-state index contributed by atoms with van der Waals surface area (Å²) in [7, 11) is 0. The largest absolute Gasteiger partial charge is 0.466 e. The van der Waals surface area contributed by atoms with Crippen LogP contribution in [0.4, 0.5) is 0 Å². The summed E-state index contributed by atoms with van der Waals surface area (Å²) in [6, 6.07) is 2.18. The third-order valence-electron chi connectivity index (χ3n) is 12.5. The Bertz CT molecular complexity index is 1220. The number of rotatable bonds is 2. The standard InChI is InChI=1S/C33H45NO4/c1-9-38-27(37)33-14-12-28(2,3)18-21(33)25-22(35)16-24-30(6)17-20(19-34)26(36)29(4,5)23(30)10-11-31(24,7)32(25,8)13-15-33/h16-17,21,23,25H,9-15,18H2,1-8H3/t21-,23-,25?,30-,31+,32+,33-/m0/s1. The zero-order valence-electron chi connectivity index (χ0n) is 24.6. The fraction of sp³-hybridized carbons (Fsp3) is 0.758. The molecule has 0 amide bonds. The highest BCUT2D eigenvalue weighted by molar-refractivity contribution is 6.04. The molecule has 3 fully saturated rings. The van der Waals surface area contributed by atoms with Gasteiger partial charge in [-0.1, -0.05) is 60.1 Å². The van der Waals surface area contributed by atoms with Gasteiger partial charge in [0.2, 0.25) is 0 Å². The van der Waals surface area contributed by atoms with Crippen LogP contribution in [0.3, 0.4) is 0 Å². The number of fused-ring (bicyclic) bond motifs is 7. The van der Waals surface area contributed by atoms with Crippen LogP contribution in [0.15, 0.2) is 23.3 Å². The fourth-order valence-electron chi connectivity index (χ4n) is 10.3. The minimum Gasteiger partial charge on any atom is -0.466 e. The first-order chi connectivity index (χ1) is 17.5. The number of ketones is 2. The minimum absolute atomic E-state index is 0.0303. The molecule has 0 N–H and O–H groups in total. The molecule has 0 radical (unpaired) electrons. The Morgan fingerprint density at radius 1 is 1.03 bits per heavy atom. The molecule has 0 heterocycles. The van der Waals surface area contributed by atoms with Crippen molar-refractivity contribution in [1.29, 1.82) is 5.26 Å². The molecule has 0 aromatic heterocycles. The van der Waals surface area contributed by atoms with Crippen molar-refractivity contribution in [3.63, 3.8) is 0 Å². The smallest absolute Gasteiger partial charge is 0.312 e. The summed E-state index contributed by atoms with van der Waals surface area (Å²) in [5, 5.41) is 9.88. The van der Waals surface area contributed by atoms with Crippen molar-refractivity contribution >= 4 is 17.5 Å². The Balaban J connectivity index is 1.69. The third kappa shape index (κ3) is 3.24. The van der Waals surface area contributed by atoms with E-state index in [4.69, 9.17) is 4.74 Å². The van der Waals surface area contributed by atoms with E-state index in [1.165, 1.54) is 0 Å². The summed E-state index contributed by atoms with van der Waals surface area (Å²) < 4.78 is 5.70. The van der Waals surface area contributed by atoms with Gasteiger partial charge in [0.05, 0.1) is 17.6 Å². The highest BCUT2D eigenvalue weighted by Crippen LogP contribution is 2.74. The molecule has 0 bridgehead atoms. The lowest BCUT2D eigenvalue weighted by atomic mass is 9.34. The Labute approximate surface area is 228 Å². The zero-order valence-corrected chi connectivity index (χ0v) is 24.6. The summed E-state index contributed by atoms with van der Waals surface area (Å²) in [6.45, 7) is 17.5. The van der Waals surface area contributed by atoms with Crippen LogP contribution >= 0.6 is 0 Å². The molecule has 0 spiro atoms. The highest BCUT2D eigenvalue weighted by atomic mass is 16.5. The molecule has 38 heavy (non-hydrogen) atoms. The van der Waals surface area contributed by atoms with E-state index in [0.717, 1.165) is 50.5 Å². The number of Topliss-reactive ketones (excluding diaryl/α,β-unsaturated/α-hetero) is 1. The molecule has 206 valence electrons. The first-order valence-corrected chi connectivity index (χ1v) is 14.7. The molecular formula is C33H45NO4. The van der Waals surface area contributed by atoms with Gasteiger partial charge in [0.15, 0.2) is 11.6 Å². The van der Waals surface area contributed by atoms with Crippen molar-refractivity contribution in [2.45, 2.75) is 100 Å². The van der Waals surface area contributed by atoms with E-state index in [2.05, 4.69) is 40.7 Å². The van der Waals surface area contributed by atoms with Crippen molar-refractivity contribution in [3.05, 3.63) is 23.3 Å². The van der Waals surface area contributed by atoms with Gasteiger partial charge in [-0.25, -0.2) is 0 Å². The lowest BCUT2D eigenvalue weighted by molar-refractivity contribution is -0.192. The van der Waals surface area contributed by atoms with E-state index in [9.17, 15) is 19.6 Å². The van der Waals surface area contributed by atoms with Crippen molar-refractivity contribution in [3.8, 4) is 6.07 Å². The molecule has 0 aromatic rings. The Hall–Kier alpha value is -2.22. The molecular weight excluding hydrogens is 474 g/mol. The van der Waals surface area contributed by atoms with Crippen LogP contribution < -0.4 is 0 Å². The second kappa shape index (κ2) is 8.15. The fourth-order valence-corrected chi connectivity index (χ4v) is 10.3. The molecule has 5 aliphatic carbocycles. The quantitative estimate of drug-likeness (QED) is 0.376. The highest BCUT2D eigenvalue weighted by Gasteiger charge is 2.71. The number of carbonyl (C=O) groups is 3. The van der Waals surface area contributed by atoms with E-state index in [1.54, 1.807) is 0 Å². The molecule has 0 saturated heterocycles. The maximum atomic E-state index is 14.4. The Kier molecular flexibility index (Phi) is 5.87. The molecule has 5 nitrogen and oxygen atoms in total. The summed E-state index contributed by atoms with van der Waals surface area (Å²) in [5.41, 5.74) is -1.02. The molecule has 5 rings (SSSR count). The van der Waals surface area contributed by atoms with Crippen molar-refractivity contribution in [2.24, 2.45) is 50.2 Å². The molecule has 7 atom stereocenters. The number of allylic oxidation sites excluding steroid dienone is 4. The maximum absolute atomic E-state index is 14.4. The van der Waals surface area contributed by atoms with Gasteiger partial charge in [-0.2, -0.15) is 5.26 Å². The van der Waals surface area contributed by atoms with Gasteiger partial charge < -0.3 is 4.74 Å². The van der Waals surface area contributed by atoms with Gasteiger partial charge >= 0.3 is 5.97 Å². The number of nitriles is 1. The van der Waals surface area contributed by atoms with Crippen LogP contribution in [-0.4, -0.2) is 24.1 Å². The average Bonchev–Trinajstić information content (AvgIpc) is 2.82. The zero-order chi connectivity index (χ0) is 28.1. The lowest BCUT2D eigenvalue weighted by Crippen LogP contribution is -2.66. The number of hydrogen-bond donors (Lipinski definition) is 0. The summed E-state index contributed by atoms with van der Waals surface area (Å²) in [4.78, 5) is 41.3. The normalized spacial score (nSPS) is 44.8. The maximum Gasteiger partial charge on any atom is 0.312 e. The number of carbonyl (C=O) groups excluding carboxylic acids is 3. The first-order valence-electron chi connectivity index (χ1n) is 14.7. The van der Waals surface area contributed by atoms with E-state index < -0.39 is 16.2 Å². The van der Waals surface area contributed by atoms with Gasteiger partial charge in [-0.15, -0.1) is 0 Å². The minimum atomic E-state index is -0.670. The average molecular weight is 520 g/mol. The summed E-state index contributed by atoms with van der Waals surface area (Å²) in [6.07, 6.45) is 9.69. The van der Waals surface area contributed by atoms with E-state index in [0.29, 0.717) is 6.61 Å². The van der Waals surface area contributed by atoms with E-state index >= 15 is 0 Å². The van der Waals surface area contributed by atoms with Gasteiger partial charge in [-0.05, 0) is 86.0 Å². The van der Waals surface area contributed by atoms with Gasteiger partial charge in [0.1, 0.15) is 6.07 Å². The van der Waals surface area contributed by atoms with E-state index in [-0.39, 0.29) is 57.1 Å². The van der Waals surface area contributed by atoms with Gasteiger partial charge in [0.25, 0.3) is 0 Å². The molecule has 0 aliphatic heterocycles. The molecule has 5 heteroatoms. The van der Waals surface area contributed by atoms with Gasteiger partial charge in [-0.3, -0.25) is 14.4 Å². The van der Waals surface area contributed by atoms with Crippen LogP contribution in [0.1, 0.15) is 100 Å². The van der Waals surface area contributed by atoms with Crippen LogP contribution in [-0.2, 0) is 19.1 Å². The second-order valence-electron chi connectivity index (χ2n) is 15.1. The predicted octanol–water partition coefficient (Wildman–Crippen LogP) is 6.77. The predicted molar refractivity (Wildman–Crippen MR) is 146 cm³/mol. The molecule has 5 aliphatic rings. The van der Waals surface area contributed by atoms with Crippen LogP contribution in [0, 0.1) is 61.6 Å². The lowest BCUT2D eigenvalue weighted by Gasteiger charge is -2.68.